The summed E-state index contributed by atoms with van der Waals surface area (Å²) in [7, 11) is 0. The molecule has 3 N–H and O–H groups in total. The van der Waals surface area contributed by atoms with Crippen molar-refractivity contribution in [3.8, 4) is 11.4 Å². The van der Waals surface area contributed by atoms with Crippen LogP contribution in [0.15, 0.2) is 41.1 Å². The molecule has 3 heterocycles. The zero-order valence-electron chi connectivity index (χ0n) is 16.9. The number of carbonyl (C=O) groups is 1. The van der Waals surface area contributed by atoms with Crippen LogP contribution in [-0.4, -0.2) is 51.8 Å². The summed E-state index contributed by atoms with van der Waals surface area (Å²) in [5.74, 6) is -1.02. The molecule has 1 amide bonds. The van der Waals surface area contributed by atoms with E-state index in [1.807, 2.05) is 0 Å². The van der Waals surface area contributed by atoms with Crippen LogP contribution in [0.3, 0.4) is 0 Å². The summed E-state index contributed by atoms with van der Waals surface area (Å²) in [6.07, 6.45) is 4.63. The van der Waals surface area contributed by atoms with Crippen LogP contribution < -0.4 is 10.6 Å². The second kappa shape index (κ2) is 10.0. The van der Waals surface area contributed by atoms with Gasteiger partial charge in [-0.05, 0) is 42.7 Å². The molecule has 1 atom stereocenters. The Hall–Kier alpha value is -3.08. The van der Waals surface area contributed by atoms with Gasteiger partial charge >= 0.3 is 5.91 Å². The van der Waals surface area contributed by atoms with Gasteiger partial charge in [0.2, 0.25) is 5.95 Å². The average molecular weight is 462 g/mol. The number of aliphatic hydroxyl groups excluding tert-OH is 1. The minimum Gasteiger partial charge on any atom is -0.440 e. The Bertz CT molecular complexity index is 1070. The molecule has 4 rings (SSSR count). The Morgan fingerprint density at radius 1 is 1.25 bits per heavy atom. The van der Waals surface area contributed by atoms with Crippen LogP contribution in [0.25, 0.3) is 11.4 Å². The summed E-state index contributed by atoms with van der Waals surface area (Å²) < 4.78 is 24.3. The molecule has 0 unspecified atom stereocenters. The lowest BCUT2D eigenvalue weighted by molar-refractivity contribution is 0.0880. The number of amides is 1. The highest BCUT2D eigenvalue weighted by molar-refractivity contribution is 6.30. The van der Waals surface area contributed by atoms with Crippen molar-refractivity contribution in [2.75, 3.05) is 25.1 Å². The summed E-state index contributed by atoms with van der Waals surface area (Å²) in [6.45, 7) is 0.914. The highest BCUT2D eigenvalue weighted by atomic mass is 35.5. The molecular formula is C21H21ClFN5O4. The fourth-order valence-corrected chi connectivity index (χ4v) is 3.55. The first kappa shape index (κ1) is 22.1. The number of rotatable bonds is 7. The topological polar surface area (TPSA) is 122 Å². The standard InChI is InChI=1S/C21H21ClFN5O4/c22-13-7-12(8-14(23)9-13)17(10-29)26-19(30)20-27-18(11-32-20)16-1-4-24-21(28-16)25-15-2-5-31-6-3-15/h1,4,7-9,11,15,17,29H,2-3,5-6,10H2,(H,26,30)(H,24,25,28)/t17-/m0/s1. The van der Waals surface area contributed by atoms with Gasteiger partial charge in [0.05, 0.1) is 18.3 Å². The maximum Gasteiger partial charge on any atom is 0.307 e. The number of carbonyl (C=O) groups excluding carboxylic acids is 1. The molecule has 1 saturated heterocycles. The summed E-state index contributed by atoms with van der Waals surface area (Å²) in [6, 6.07) is 4.77. The van der Waals surface area contributed by atoms with Crippen LogP contribution in [0, 0.1) is 5.82 Å². The molecule has 1 fully saturated rings. The SMILES string of the molecule is O=C(N[C@@H](CO)c1cc(F)cc(Cl)c1)c1nc(-c2ccnc(NC3CCOCC3)n2)co1. The van der Waals surface area contributed by atoms with Gasteiger partial charge in [0.1, 0.15) is 17.8 Å². The quantitative estimate of drug-likeness (QED) is 0.491. The van der Waals surface area contributed by atoms with E-state index >= 15 is 0 Å². The van der Waals surface area contributed by atoms with Gasteiger partial charge in [-0.25, -0.2) is 19.3 Å². The molecule has 32 heavy (non-hydrogen) atoms. The lowest BCUT2D eigenvalue weighted by Gasteiger charge is -2.23. The van der Waals surface area contributed by atoms with Gasteiger partial charge in [-0.1, -0.05) is 11.6 Å². The van der Waals surface area contributed by atoms with Crippen LogP contribution in [0.5, 0.6) is 0 Å². The Morgan fingerprint density at radius 3 is 2.81 bits per heavy atom. The highest BCUT2D eigenvalue weighted by Gasteiger charge is 2.21. The van der Waals surface area contributed by atoms with E-state index in [9.17, 15) is 14.3 Å². The number of hydrogen-bond donors (Lipinski definition) is 3. The molecule has 168 valence electrons. The smallest absolute Gasteiger partial charge is 0.307 e. The molecule has 0 radical (unpaired) electrons. The number of anilines is 1. The average Bonchev–Trinajstić information content (AvgIpc) is 3.28. The molecule has 0 aliphatic carbocycles. The van der Waals surface area contributed by atoms with Crippen molar-refractivity contribution < 1.29 is 23.4 Å². The normalized spacial score (nSPS) is 15.3. The third-order valence-electron chi connectivity index (χ3n) is 4.95. The molecule has 11 heteroatoms. The third kappa shape index (κ3) is 5.39. The van der Waals surface area contributed by atoms with Gasteiger partial charge in [0, 0.05) is 30.5 Å². The molecule has 2 aromatic heterocycles. The predicted octanol–water partition coefficient (Wildman–Crippen LogP) is 2.98. The monoisotopic (exact) mass is 461 g/mol. The van der Waals surface area contributed by atoms with Crippen LogP contribution in [-0.2, 0) is 4.74 Å². The number of oxazole rings is 1. The molecule has 0 spiro atoms. The Kier molecular flexibility index (Phi) is 6.93. The third-order valence-corrected chi connectivity index (χ3v) is 5.16. The molecule has 9 nitrogen and oxygen atoms in total. The summed E-state index contributed by atoms with van der Waals surface area (Å²) >= 11 is 5.86. The lowest BCUT2D eigenvalue weighted by atomic mass is 10.1. The van der Waals surface area contributed by atoms with Gasteiger partial charge in [-0.2, -0.15) is 0 Å². The number of benzene rings is 1. The van der Waals surface area contributed by atoms with Gasteiger partial charge in [-0.15, -0.1) is 0 Å². The minimum atomic E-state index is -0.889. The van der Waals surface area contributed by atoms with E-state index in [1.54, 1.807) is 12.3 Å². The van der Waals surface area contributed by atoms with Crippen molar-refractivity contribution in [2.24, 2.45) is 0 Å². The lowest BCUT2D eigenvalue weighted by Crippen LogP contribution is -2.31. The number of aromatic nitrogens is 3. The van der Waals surface area contributed by atoms with Crippen LogP contribution in [0.4, 0.5) is 10.3 Å². The largest absolute Gasteiger partial charge is 0.440 e. The van der Waals surface area contributed by atoms with E-state index in [0.29, 0.717) is 36.1 Å². The van der Waals surface area contributed by atoms with E-state index in [2.05, 4.69) is 25.6 Å². The fourth-order valence-electron chi connectivity index (χ4n) is 3.32. The van der Waals surface area contributed by atoms with Crippen molar-refractivity contribution in [1.29, 1.82) is 0 Å². The van der Waals surface area contributed by atoms with E-state index in [0.717, 1.165) is 18.9 Å². The van der Waals surface area contributed by atoms with E-state index in [1.165, 1.54) is 18.4 Å². The number of aliphatic hydroxyl groups is 1. The second-order valence-electron chi connectivity index (χ2n) is 7.25. The molecule has 1 aliphatic rings. The number of hydrogen-bond acceptors (Lipinski definition) is 8. The number of ether oxygens (including phenoxy) is 1. The maximum atomic E-state index is 13.6. The Morgan fingerprint density at radius 2 is 2.06 bits per heavy atom. The summed E-state index contributed by atoms with van der Waals surface area (Å²) in [5.41, 5.74) is 1.15. The van der Waals surface area contributed by atoms with E-state index < -0.39 is 24.4 Å². The van der Waals surface area contributed by atoms with Crippen molar-refractivity contribution in [1.82, 2.24) is 20.3 Å². The molecule has 3 aromatic rings. The Labute approximate surface area is 188 Å². The van der Waals surface area contributed by atoms with Crippen molar-refractivity contribution in [3.63, 3.8) is 0 Å². The molecule has 0 bridgehead atoms. The van der Waals surface area contributed by atoms with E-state index in [4.69, 9.17) is 20.8 Å². The summed E-state index contributed by atoms with van der Waals surface area (Å²) in [4.78, 5) is 25.4. The predicted molar refractivity (Wildman–Crippen MR) is 114 cm³/mol. The first-order chi connectivity index (χ1) is 15.5. The molecule has 1 aromatic carbocycles. The van der Waals surface area contributed by atoms with Gasteiger partial charge in [0.25, 0.3) is 5.89 Å². The Balaban J connectivity index is 1.45. The van der Waals surface area contributed by atoms with Crippen LogP contribution in [0.1, 0.15) is 35.1 Å². The first-order valence-corrected chi connectivity index (χ1v) is 10.4. The van der Waals surface area contributed by atoms with Gasteiger partial charge < -0.3 is 24.9 Å². The first-order valence-electron chi connectivity index (χ1n) is 10.0. The van der Waals surface area contributed by atoms with Gasteiger partial charge in [0.15, 0.2) is 0 Å². The fraction of sp³-hybridized carbons (Fsp3) is 0.333. The molecular weight excluding hydrogens is 441 g/mol. The number of halogens is 2. The second-order valence-corrected chi connectivity index (χ2v) is 7.68. The number of nitrogens with zero attached hydrogens (tertiary/aromatic N) is 3. The van der Waals surface area contributed by atoms with Crippen LogP contribution in [0.2, 0.25) is 5.02 Å². The van der Waals surface area contributed by atoms with Gasteiger partial charge in [-0.3, -0.25) is 4.79 Å². The zero-order chi connectivity index (χ0) is 22.5. The van der Waals surface area contributed by atoms with Crippen LogP contribution >= 0.6 is 11.6 Å². The van der Waals surface area contributed by atoms with Crippen molar-refractivity contribution in [3.05, 3.63) is 59.0 Å². The summed E-state index contributed by atoms with van der Waals surface area (Å²) in [5, 5.41) is 15.6. The van der Waals surface area contributed by atoms with E-state index in [-0.39, 0.29) is 17.0 Å². The zero-order valence-corrected chi connectivity index (χ0v) is 17.7. The molecule has 0 saturated carbocycles. The number of nitrogens with one attached hydrogen (secondary N) is 2. The maximum absolute atomic E-state index is 13.6. The van der Waals surface area contributed by atoms with Crippen molar-refractivity contribution in [2.45, 2.75) is 24.9 Å². The molecule has 1 aliphatic heterocycles. The minimum absolute atomic E-state index is 0.153. The highest BCUT2D eigenvalue weighted by Crippen LogP contribution is 2.22. The van der Waals surface area contributed by atoms with Crippen molar-refractivity contribution >= 4 is 23.5 Å².